The minimum absolute atomic E-state index is 0.0253. The van der Waals surface area contributed by atoms with E-state index < -0.39 is 0 Å². The predicted molar refractivity (Wildman–Crippen MR) is 239 cm³/mol. The first-order chi connectivity index (χ1) is 27.6. The molecule has 11 rings (SSSR count). The molecule has 7 aromatic carbocycles. The van der Waals surface area contributed by atoms with Crippen LogP contribution in [0.25, 0.3) is 55.3 Å². The molecule has 0 amide bonds. The quantitative estimate of drug-likeness (QED) is 0.179. The van der Waals surface area contributed by atoms with Crippen LogP contribution in [0.1, 0.15) is 94.5 Å². The molecule has 0 aliphatic heterocycles. The molecule has 1 fully saturated rings. The molecule has 8 aromatic rings. The third-order valence-corrected chi connectivity index (χ3v) is 13.8. The van der Waals surface area contributed by atoms with E-state index in [1.165, 1.54) is 116 Å². The average Bonchev–Trinajstić information content (AvgIpc) is 3.81. The maximum absolute atomic E-state index is 6.62. The Kier molecular flexibility index (Phi) is 7.43. The molecule has 280 valence electrons. The van der Waals surface area contributed by atoms with Gasteiger partial charge in [0.25, 0.3) is 0 Å². The van der Waals surface area contributed by atoms with Gasteiger partial charge < -0.3 is 9.32 Å². The van der Waals surface area contributed by atoms with E-state index in [1.54, 1.807) is 0 Å². The van der Waals surface area contributed by atoms with Crippen LogP contribution in [-0.2, 0) is 16.2 Å². The molecule has 0 radical (unpaired) electrons. The summed E-state index contributed by atoms with van der Waals surface area (Å²) in [5, 5.41) is 2.33. The van der Waals surface area contributed by atoms with Crippen molar-refractivity contribution in [1.29, 1.82) is 0 Å². The second kappa shape index (κ2) is 12.3. The zero-order valence-electron chi connectivity index (χ0n) is 33.7. The van der Waals surface area contributed by atoms with E-state index in [-0.39, 0.29) is 16.2 Å². The summed E-state index contributed by atoms with van der Waals surface area (Å²) in [7, 11) is 0. The Hall–Kier alpha value is -5.86. The molecule has 3 aliphatic rings. The van der Waals surface area contributed by atoms with Gasteiger partial charge in [0.15, 0.2) is 0 Å². The van der Waals surface area contributed by atoms with Gasteiger partial charge >= 0.3 is 0 Å². The Morgan fingerprint density at radius 3 is 1.86 bits per heavy atom. The largest absolute Gasteiger partial charge is 0.456 e. The molecule has 0 N–H and O–H groups in total. The van der Waals surface area contributed by atoms with Crippen molar-refractivity contribution in [2.75, 3.05) is 4.90 Å². The van der Waals surface area contributed by atoms with Crippen molar-refractivity contribution in [3.8, 4) is 33.4 Å². The van der Waals surface area contributed by atoms with Crippen LogP contribution in [-0.4, -0.2) is 0 Å². The monoisotopic (exact) mass is 739 g/mol. The first kappa shape index (κ1) is 34.4. The second-order valence-corrected chi connectivity index (χ2v) is 18.4. The van der Waals surface area contributed by atoms with Crippen molar-refractivity contribution >= 4 is 39.0 Å². The molecule has 2 nitrogen and oxygen atoms in total. The van der Waals surface area contributed by atoms with Gasteiger partial charge in [-0.15, -0.1) is 0 Å². The van der Waals surface area contributed by atoms with Crippen LogP contribution in [0.2, 0.25) is 0 Å². The molecule has 0 saturated heterocycles. The van der Waals surface area contributed by atoms with Gasteiger partial charge in [0.05, 0.1) is 5.69 Å². The van der Waals surface area contributed by atoms with Crippen molar-refractivity contribution in [2.24, 2.45) is 0 Å². The average molecular weight is 740 g/mol. The Morgan fingerprint density at radius 2 is 1.12 bits per heavy atom. The van der Waals surface area contributed by atoms with Crippen LogP contribution >= 0.6 is 0 Å². The van der Waals surface area contributed by atoms with Crippen LogP contribution in [0.4, 0.5) is 17.1 Å². The van der Waals surface area contributed by atoms with Gasteiger partial charge in [-0.1, -0.05) is 157 Å². The topological polar surface area (TPSA) is 16.4 Å². The summed E-state index contributed by atoms with van der Waals surface area (Å²) in [5.41, 5.74) is 20.3. The molecule has 0 bridgehead atoms. The third kappa shape index (κ3) is 5.02. The molecule has 57 heavy (non-hydrogen) atoms. The summed E-state index contributed by atoms with van der Waals surface area (Å²) in [6, 6.07) is 55.1. The number of rotatable bonds is 4. The standard InChI is InChI=1S/C55H49NO/c1-53(2,3)47-22-15-19-43-44-32-35(24-29-51(44)57-52(43)47)38-16-9-12-23-50(38)56(36-25-27-41-39-17-7-10-20-45(39)54(4,5)48(41)33-36)37-26-28-42-40-18-8-11-21-46(40)55(49(42)34-37)30-13-6-14-31-55/h7-12,15-29,32-34H,6,13-14,30-31H2,1-5H3. The normalized spacial score (nSPS) is 16.1. The third-order valence-electron chi connectivity index (χ3n) is 13.8. The van der Waals surface area contributed by atoms with Crippen LogP contribution in [0, 0.1) is 0 Å². The highest BCUT2D eigenvalue weighted by molar-refractivity contribution is 6.08. The number of anilines is 3. The Morgan fingerprint density at radius 1 is 0.509 bits per heavy atom. The lowest BCUT2D eigenvalue weighted by molar-refractivity contribution is 0.353. The summed E-state index contributed by atoms with van der Waals surface area (Å²) < 4.78 is 6.62. The Bertz CT molecular complexity index is 2910. The van der Waals surface area contributed by atoms with E-state index in [2.05, 4.69) is 185 Å². The van der Waals surface area contributed by atoms with Gasteiger partial charge in [-0.25, -0.2) is 0 Å². The van der Waals surface area contributed by atoms with E-state index >= 15 is 0 Å². The van der Waals surface area contributed by atoms with Gasteiger partial charge in [-0.3, -0.25) is 0 Å². The number of benzene rings is 7. The smallest absolute Gasteiger partial charge is 0.139 e. The fourth-order valence-corrected chi connectivity index (χ4v) is 11.0. The number of hydrogen-bond acceptors (Lipinski definition) is 2. The fraction of sp³-hybridized carbons (Fsp3) is 0.236. The van der Waals surface area contributed by atoms with Crippen molar-refractivity contribution < 1.29 is 4.42 Å². The summed E-state index contributed by atoms with van der Waals surface area (Å²) >= 11 is 0. The minimum Gasteiger partial charge on any atom is -0.456 e. The molecule has 1 saturated carbocycles. The van der Waals surface area contributed by atoms with E-state index in [1.807, 2.05) is 0 Å². The Balaban J connectivity index is 1.13. The molecule has 3 aliphatic carbocycles. The molecule has 1 aromatic heterocycles. The van der Waals surface area contributed by atoms with Gasteiger partial charge in [-0.2, -0.15) is 0 Å². The summed E-state index contributed by atoms with van der Waals surface area (Å²) in [6.45, 7) is 11.6. The van der Waals surface area contributed by atoms with Gasteiger partial charge in [0, 0.05) is 44.1 Å². The van der Waals surface area contributed by atoms with E-state index in [0.717, 1.165) is 16.6 Å². The number of hydrogen-bond donors (Lipinski definition) is 0. The molecular formula is C55H49NO. The van der Waals surface area contributed by atoms with Crippen LogP contribution in [0.3, 0.4) is 0 Å². The lowest BCUT2D eigenvalue weighted by Gasteiger charge is -2.37. The first-order valence-corrected chi connectivity index (χ1v) is 21.0. The van der Waals surface area contributed by atoms with Crippen LogP contribution in [0.15, 0.2) is 150 Å². The van der Waals surface area contributed by atoms with Crippen molar-refractivity contribution in [3.05, 3.63) is 173 Å². The maximum Gasteiger partial charge on any atom is 0.139 e. The minimum atomic E-state index is -0.113. The number of fused-ring (bicyclic) bond motifs is 11. The molecule has 0 unspecified atom stereocenters. The number of furan rings is 1. The zero-order valence-corrected chi connectivity index (χ0v) is 33.7. The van der Waals surface area contributed by atoms with E-state index in [0.29, 0.717) is 0 Å². The van der Waals surface area contributed by atoms with Crippen molar-refractivity contribution in [2.45, 2.75) is 83.0 Å². The highest BCUT2D eigenvalue weighted by atomic mass is 16.3. The summed E-state index contributed by atoms with van der Waals surface area (Å²) in [5.74, 6) is 0. The van der Waals surface area contributed by atoms with Crippen LogP contribution < -0.4 is 4.90 Å². The lowest BCUT2D eigenvalue weighted by Crippen LogP contribution is -2.28. The van der Waals surface area contributed by atoms with Gasteiger partial charge in [0.1, 0.15) is 11.2 Å². The number of nitrogens with zero attached hydrogens (tertiary/aromatic N) is 1. The predicted octanol–water partition coefficient (Wildman–Crippen LogP) is 15.6. The SMILES string of the molecule is CC(C)(C)c1cccc2c1oc1ccc(-c3ccccc3N(c3ccc4c(c3)C(C)(C)c3ccccc3-4)c3ccc4c(c3)C3(CCCCC3)c3ccccc3-4)cc12. The lowest BCUT2D eigenvalue weighted by atomic mass is 9.68. The van der Waals surface area contributed by atoms with Crippen molar-refractivity contribution in [1.82, 2.24) is 0 Å². The highest BCUT2D eigenvalue weighted by Crippen LogP contribution is 2.58. The summed E-state index contributed by atoms with van der Waals surface area (Å²) in [6.07, 6.45) is 6.27. The first-order valence-electron chi connectivity index (χ1n) is 21.0. The van der Waals surface area contributed by atoms with Gasteiger partial charge in [-0.05, 0) is 111 Å². The zero-order chi connectivity index (χ0) is 38.7. The summed E-state index contributed by atoms with van der Waals surface area (Å²) in [4.78, 5) is 2.55. The molecule has 1 spiro atoms. The second-order valence-electron chi connectivity index (χ2n) is 18.4. The number of para-hydroxylation sites is 2. The molecule has 1 heterocycles. The molecular weight excluding hydrogens is 691 g/mol. The highest BCUT2D eigenvalue weighted by Gasteiger charge is 2.44. The van der Waals surface area contributed by atoms with Gasteiger partial charge in [0.2, 0.25) is 0 Å². The molecule has 0 atom stereocenters. The fourth-order valence-electron chi connectivity index (χ4n) is 11.0. The molecule has 2 heteroatoms. The maximum atomic E-state index is 6.62. The van der Waals surface area contributed by atoms with Crippen LogP contribution in [0.5, 0.6) is 0 Å². The van der Waals surface area contributed by atoms with E-state index in [4.69, 9.17) is 4.42 Å². The Labute approximate surface area is 336 Å². The van der Waals surface area contributed by atoms with Crippen molar-refractivity contribution in [3.63, 3.8) is 0 Å². The van der Waals surface area contributed by atoms with E-state index in [9.17, 15) is 0 Å².